The Morgan fingerprint density at radius 3 is 1.41 bits per heavy atom. The quantitative estimate of drug-likeness (QED) is 0.0379. The van der Waals surface area contributed by atoms with Crippen LogP contribution in [-0.2, 0) is 19.1 Å². The summed E-state index contributed by atoms with van der Waals surface area (Å²) < 4.78 is 10.2. The third kappa shape index (κ3) is 30.6. The van der Waals surface area contributed by atoms with Crippen LogP contribution in [0.15, 0.2) is 12.2 Å². The average molecular weight is 627 g/mol. The minimum atomic E-state index is -1.01. The highest BCUT2D eigenvalue weighted by atomic mass is 16.6. The monoisotopic (exact) mass is 627 g/mol. The Kier molecular flexibility index (Phi) is 31.9. The maximum absolute atomic E-state index is 11.9. The molecule has 3 N–H and O–H groups in total. The first-order chi connectivity index (χ1) is 21.4. The fraction of sp³-hybridized carbons (Fsp3) is 0.892. The Balaban J connectivity index is 3.56. The molecular formula is C37H70O7. The molecule has 0 aliphatic rings. The molecule has 0 saturated carbocycles. The molecule has 0 aliphatic carbocycles. The molecule has 0 aromatic rings. The van der Waals surface area contributed by atoms with Gasteiger partial charge in [0.2, 0.25) is 0 Å². The van der Waals surface area contributed by atoms with Gasteiger partial charge in [-0.3, -0.25) is 9.59 Å². The molecule has 0 radical (unpaired) electrons. The summed E-state index contributed by atoms with van der Waals surface area (Å²) in [5.74, 6) is -0.668. The summed E-state index contributed by atoms with van der Waals surface area (Å²) in [6.07, 6.45) is 28.6. The molecule has 0 aromatic heterocycles. The van der Waals surface area contributed by atoms with Crippen LogP contribution in [0, 0.1) is 0 Å². The van der Waals surface area contributed by atoms with Gasteiger partial charge in [-0.25, -0.2) is 0 Å². The van der Waals surface area contributed by atoms with Crippen LogP contribution in [0.3, 0.4) is 0 Å². The lowest BCUT2D eigenvalue weighted by molar-refractivity contribution is -0.152. The Bertz CT molecular complexity index is 666. The molecule has 44 heavy (non-hydrogen) atoms. The zero-order valence-electron chi connectivity index (χ0n) is 28.7. The van der Waals surface area contributed by atoms with Crippen molar-refractivity contribution in [3.05, 3.63) is 12.2 Å². The van der Waals surface area contributed by atoms with Crippen LogP contribution in [0.25, 0.3) is 0 Å². The van der Waals surface area contributed by atoms with Gasteiger partial charge in [0.15, 0.2) is 0 Å². The molecule has 0 bridgehead atoms. The zero-order valence-corrected chi connectivity index (χ0v) is 28.7. The zero-order chi connectivity index (χ0) is 32.5. The van der Waals surface area contributed by atoms with Gasteiger partial charge in [0.1, 0.15) is 19.3 Å². The van der Waals surface area contributed by atoms with Gasteiger partial charge in [-0.2, -0.15) is 0 Å². The summed E-state index contributed by atoms with van der Waals surface area (Å²) >= 11 is 0. The standard InChI is InChI=1S/C37H70O7/c1-3-5-7-9-11-12-13-14-15-16-17-21-25-29-36(41)43-31-33(38)32-44-37(42)30-26-22-18-20-24-28-35(40)34(39)27-23-19-10-8-6-4-2/h19,23,33-35,38-40H,3-18,20-22,24-32H2,1-2H3/b23-19-/t33-,34-,35-/m1/s1. The molecule has 260 valence electrons. The molecule has 0 saturated heterocycles. The summed E-state index contributed by atoms with van der Waals surface area (Å²) in [6.45, 7) is 4.11. The van der Waals surface area contributed by atoms with Gasteiger partial charge in [0, 0.05) is 12.8 Å². The summed E-state index contributed by atoms with van der Waals surface area (Å²) in [6, 6.07) is 0. The van der Waals surface area contributed by atoms with E-state index in [1.54, 1.807) is 0 Å². The number of rotatable bonds is 33. The number of esters is 2. The van der Waals surface area contributed by atoms with Crippen molar-refractivity contribution in [3.63, 3.8) is 0 Å². The highest BCUT2D eigenvalue weighted by molar-refractivity contribution is 5.69. The minimum absolute atomic E-state index is 0.152. The van der Waals surface area contributed by atoms with E-state index in [1.807, 2.05) is 6.08 Å². The molecule has 3 atom stereocenters. The second kappa shape index (κ2) is 32.9. The Morgan fingerprint density at radius 1 is 0.523 bits per heavy atom. The van der Waals surface area contributed by atoms with Gasteiger partial charge < -0.3 is 24.8 Å². The van der Waals surface area contributed by atoms with Gasteiger partial charge in [-0.15, -0.1) is 0 Å². The second-order valence-electron chi connectivity index (χ2n) is 12.7. The molecule has 0 unspecified atom stereocenters. The van der Waals surface area contributed by atoms with Crippen molar-refractivity contribution in [2.24, 2.45) is 0 Å². The predicted octanol–water partition coefficient (Wildman–Crippen LogP) is 8.89. The lowest BCUT2D eigenvalue weighted by Gasteiger charge is -2.16. The van der Waals surface area contributed by atoms with Gasteiger partial charge in [-0.05, 0) is 38.5 Å². The van der Waals surface area contributed by atoms with Crippen LogP contribution in [0.4, 0.5) is 0 Å². The van der Waals surface area contributed by atoms with Crippen molar-refractivity contribution in [1.29, 1.82) is 0 Å². The number of aliphatic hydroxyl groups is 3. The SMILES string of the molecule is CCCCC/C=C\C[C@@H](O)[C@H](O)CCCCCCCC(=O)OC[C@H](O)COC(=O)CCCCCCCCCCCCCCC. The number of hydrogen-bond donors (Lipinski definition) is 3. The second-order valence-corrected chi connectivity index (χ2v) is 12.7. The fourth-order valence-electron chi connectivity index (χ4n) is 5.23. The van der Waals surface area contributed by atoms with Gasteiger partial charge in [0.05, 0.1) is 12.2 Å². The first-order valence-electron chi connectivity index (χ1n) is 18.4. The van der Waals surface area contributed by atoms with E-state index >= 15 is 0 Å². The van der Waals surface area contributed by atoms with E-state index in [-0.39, 0.29) is 31.6 Å². The Hall–Kier alpha value is -1.44. The highest BCUT2D eigenvalue weighted by Crippen LogP contribution is 2.14. The maximum atomic E-state index is 11.9. The van der Waals surface area contributed by atoms with Crippen molar-refractivity contribution < 1.29 is 34.4 Å². The largest absolute Gasteiger partial charge is 0.463 e. The topological polar surface area (TPSA) is 113 Å². The smallest absolute Gasteiger partial charge is 0.305 e. The van der Waals surface area contributed by atoms with E-state index in [2.05, 4.69) is 19.9 Å². The molecule has 0 aromatic carbocycles. The van der Waals surface area contributed by atoms with Crippen molar-refractivity contribution >= 4 is 11.9 Å². The van der Waals surface area contributed by atoms with E-state index in [4.69, 9.17) is 9.47 Å². The van der Waals surface area contributed by atoms with Crippen LogP contribution in [0.5, 0.6) is 0 Å². The van der Waals surface area contributed by atoms with Gasteiger partial charge in [0.25, 0.3) is 0 Å². The van der Waals surface area contributed by atoms with Crippen LogP contribution in [-0.4, -0.2) is 58.8 Å². The molecule has 0 amide bonds. The number of unbranched alkanes of at least 4 members (excludes halogenated alkanes) is 19. The third-order valence-corrected chi connectivity index (χ3v) is 8.20. The summed E-state index contributed by atoms with van der Waals surface area (Å²) in [5.41, 5.74) is 0. The summed E-state index contributed by atoms with van der Waals surface area (Å²) in [5, 5.41) is 30.2. The van der Waals surface area contributed by atoms with Crippen molar-refractivity contribution in [1.82, 2.24) is 0 Å². The van der Waals surface area contributed by atoms with Crippen LogP contribution < -0.4 is 0 Å². The van der Waals surface area contributed by atoms with E-state index in [0.717, 1.165) is 51.4 Å². The normalized spacial score (nSPS) is 13.7. The Labute approximate surface area is 270 Å². The van der Waals surface area contributed by atoms with E-state index < -0.39 is 18.3 Å². The molecule has 0 rings (SSSR count). The molecule has 0 spiro atoms. The maximum Gasteiger partial charge on any atom is 0.305 e. The Morgan fingerprint density at radius 2 is 0.932 bits per heavy atom. The molecule has 0 aliphatic heterocycles. The number of carbonyl (C=O) groups excluding carboxylic acids is 2. The number of allylic oxidation sites excluding steroid dienone is 1. The van der Waals surface area contributed by atoms with Crippen molar-refractivity contribution in [3.8, 4) is 0 Å². The minimum Gasteiger partial charge on any atom is -0.463 e. The predicted molar refractivity (Wildman–Crippen MR) is 180 cm³/mol. The van der Waals surface area contributed by atoms with Crippen molar-refractivity contribution in [2.45, 2.75) is 199 Å². The summed E-state index contributed by atoms with van der Waals surface area (Å²) in [7, 11) is 0. The molecule has 0 fully saturated rings. The van der Waals surface area contributed by atoms with Crippen LogP contribution >= 0.6 is 0 Å². The highest BCUT2D eigenvalue weighted by Gasteiger charge is 2.14. The fourth-order valence-corrected chi connectivity index (χ4v) is 5.23. The van der Waals surface area contributed by atoms with Crippen molar-refractivity contribution in [2.75, 3.05) is 13.2 Å². The summed E-state index contributed by atoms with van der Waals surface area (Å²) in [4.78, 5) is 23.9. The van der Waals surface area contributed by atoms with E-state index in [0.29, 0.717) is 25.7 Å². The lowest BCUT2D eigenvalue weighted by Crippen LogP contribution is -2.25. The van der Waals surface area contributed by atoms with E-state index in [9.17, 15) is 24.9 Å². The first kappa shape index (κ1) is 42.6. The van der Waals surface area contributed by atoms with Crippen LogP contribution in [0.1, 0.15) is 181 Å². The van der Waals surface area contributed by atoms with Crippen LogP contribution in [0.2, 0.25) is 0 Å². The lowest BCUT2D eigenvalue weighted by atomic mass is 10.0. The average Bonchev–Trinajstić information content (AvgIpc) is 3.02. The number of ether oxygens (including phenoxy) is 2. The molecule has 7 heteroatoms. The molecule has 0 heterocycles. The van der Waals surface area contributed by atoms with Gasteiger partial charge in [-0.1, -0.05) is 142 Å². The number of carbonyl (C=O) groups is 2. The number of hydrogen-bond acceptors (Lipinski definition) is 7. The molecule has 7 nitrogen and oxygen atoms in total. The van der Waals surface area contributed by atoms with Gasteiger partial charge >= 0.3 is 11.9 Å². The first-order valence-corrected chi connectivity index (χ1v) is 18.4. The van der Waals surface area contributed by atoms with E-state index in [1.165, 1.54) is 83.5 Å². The number of aliphatic hydroxyl groups excluding tert-OH is 3. The third-order valence-electron chi connectivity index (χ3n) is 8.20. The molecular weight excluding hydrogens is 556 g/mol.